The van der Waals surface area contributed by atoms with E-state index in [0.29, 0.717) is 12.0 Å². The minimum absolute atomic E-state index is 0. The van der Waals surface area contributed by atoms with E-state index in [0.717, 1.165) is 0 Å². The summed E-state index contributed by atoms with van der Waals surface area (Å²) in [5, 5.41) is 8.72. The van der Waals surface area contributed by atoms with Crippen molar-refractivity contribution >= 4 is 12.4 Å². The molecule has 1 aromatic rings. The Morgan fingerprint density at radius 1 is 1.53 bits per heavy atom. The maximum Gasteiger partial charge on any atom is 0.165 e. The Labute approximate surface area is 94.5 Å². The Hall–Kier alpha value is -0.840. The Balaban J connectivity index is 0.00000196. The fourth-order valence-electron chi connectivity index (χ4n) is 1.33. The molecular weight excluding hydrogens is 221 g/mol. The highest BCUT2D eigenvalue weighted by Crippen LogP contribution is 2.27. The lowest BCUT2D eigenvalue weighted by molar-refractivity contribution is 0.274. The van der Waals surface area contributed by atoms with E-state index in [4.69, 9.17) is 15.6 Å². The molecule has 0 radical (unpaired) electrons. The minimum Gasteiger partial charge on any atom is -0.493 e. The molecule has 15 heavy (non-hydrogen) atoms. The first-order chi connectivity index (χ1) is 6.70. The van der Waals surface area contributed by atoms with Crippen molar-refractivity contribution in [1.82, 2.24) is 0 Å². The molecule has 0 amide bonds. The van der Waals surface area contributed by atoms with Crippen molar-refractivity contribution < 1.29 is 14.2 Å². The largest absolute Gasteiger partial charge is 0.493 e. The second-order valence-corrected chi connectivity index (χ2v) is 2.98. The van der Waals surface area contributed by atoms with Crippen LogP contribution in [0.3, 0.4) is 0 Å². The van der Waals surface area contributed by atoms with Crippen LogP contribution in [0.15, 0.2) is 18.2 Å². The summed E-state index contributed by atoms with van der Waals surface area (Å²) in [6.45, 7) is -0.0270. The lowest BCUT2D eigenvalue weighted by atomic mass is 10.0. The maximum absolute atomic E-state index is 13.2. The highest BCUT2D eigenvalue weighted by atomic mass is 35.5. The minimum atomic E-state index is -0.432. The molecule has 0 aromatic heterocycles. The quantitative estimate of drug-likeness (QED) is 0.834. The molecule has 5 heteroatoms. The number of benzene rings is 1. The highest BCUT2D eigenvalue weighted by molar-refractivity contribution is 5.85. The van der Waals surface area contributed by atoms with Gasteiger partial charge in [0, 0.05) is 18.2 Å². The van der Waals surface area contributed by atoms with E-state index in [1.165, 1.54) is 13.2 Å². The Kier molecular flexibility index (Phi) is 6.24. The van der Waals surface area contributed by atoms with Gasteiger partial charge in [-0.05, 0) is 12.5 Å². The van der Waals surface area contributed by atoms with E-state index < -0.39 is 11.9 Å². The number of ether oxygens (including phenoxy) is 1. The number of methoxy groups -OCH3 is 1. The van der Waals surface area contributed by atoms with Gasteiger partial charge in [-0.1, -0.05) is 12.1 Å². The average Bonchev–Trinajstić information content (AvgIpc) is 2.17. The van der Waals surface area contributed by atoms with E-state index in [1.807, 2.05) is 0 Å². The smallest absolute Gasteiger partial charge is 0.165 e. The van der Waals surface area contributed by atoms with Gasteiger partial charge < -0.3 is 15.6 Å². The molecule has 1 aromatic carbocycles. The standard InChI is InChI=1S/C10H14FNO2.ClH/c1-14-10-7(9(12)5-6-13)3-2-4-8(10)11;/h2-4,9,13H,5-6,12H2,1H3;1H/t9-;/m1./s1. The lowest BCUT2D eigenvalue weighted by Gasteiger charge is -2.14. The monoisotopic (exact) mass is 235 g/mol. The van der Waals surface area contributed by atoms with Crippen LogP contribution >= 0.6 is 12.4 Å². The van der Waals surface area contributed by atoms with Gasteiger partial charge in [0.25, 0.3) is 0 Å². The average molecular weight is 236 g/mol. The number of aliphatic hydroxyl groups excluding tert-OH is 1. The zero-order valence-corrected chi connectivity index (χ0v) is 9.26. The lowest BCUT2D eigenvalue weighted by Crippen LogP contribution is -2.13. The first-order valence-electron chi connectivity index (χ1n) is 4.39. The number of rotatable bonds is 4. The summed E-state index contributed by atoms with van der Waals surface area (Å²) in [4.78, 5) is 0. The van der Waals surface area contributed by atoms with Gasteiger partial charge in [-0.15, -0.1) is 12.4 Å². The molecule has 0 fully saturated rings. The van der Waals surface area contributed by atoms with Crippen LogP contribution in [0.2, 0.25) is 0 Å². The third-order valence-corrected chi connectivity index (χ3v) is 2.04. The van der Waals surface area contributed by atoms with Gasteiger partial charge in [-0.2, -0.15) is 0 Å². The third kappa shape index (κ3) is 3.34. The van der Waals surface area contributed by atoms with Crippen LogP contribution in [0, 0.1) is 5.82 Å². The molecule has 0 unspecified atom stereocenters. The van der Waals surface area contributed by atoms with E-state index in [-0.39, 0.29) is 24.8 Å². The van der Waals surface area contributed by atoms with Gasteiger partial charge in [0.2, 0.25) is 0 Å². The van der Waals surface area contributed by atoms with Crippen molar-refractivity contribution in [1.29, 1.82) is 0 Å². The van der Waals surface area contributed by atoms with Crippen molar-refractivity contribution in [3.8, 4) is 5.75 Å². The van der Waals surface area contributed by atoms with Crippen molar-refractivity contribution in [3.05, 3.63) is 29.6 Å². The Bertz CT molecular complexity index is 309. The number of hydrogen-bond acceptors (Lipinski definition) is 3. The molecule has 0 spiro atoms. The normalized spacial score (nSPS) is 11.7. The molecule has 3 N–H and O–H groups in total. The molecule has 0 bridgehead atoms. The van der Waals surface area contributed by atoms with E-state index in [1.54, 1.807) is 12.1 Å². The zero-order chi connectivity index (χ0) is 10.6. The SMILES string of the molecule is COc1c(F)cccc1[C@H](N)CCO.Cl. The second-order valence-electron chi connectivity index (χ2n) is 2.98. The fraction of sp³-hybridized carbons (Fsp3) is 0.400. The van der Waals surface area contributed by atoms with Crippen molar-refractivity contribution in [2.24, 2.45) is 5.73 Å². The molecule has 0 saturated carbocycles. The first-order valence-corrected chi connectivity index (χ1v) is 4.39. The maximum atomic E-state index is 13.2. The number of halogens is 2. The number of nitrogens with two attached hydrogens (primary N) is 1. The van der Waals surface area contributed by atoms with Gasteiger partial charge >= 0.3 is 0 Å². The molecule has 0 saturated heterocycles. The van der Waals surface area contributed by atoms with Crippen LogP contribution in [0.4, 0.5) is 4.39 Å². The van der Waals surface area contributed by atoms with Crippen molar-refractivity contribution in [2.75, 3.05) is 13.7 Å². The summed E-state index contributed by atoms with van der Waals surface area (Å²) >= 11 is 0. The molecule has 0 aliphatic rings. The highest BCUT2D eigenvalue weighted by Gasteiger charge is 2.14. The summed E-state index contributed by atoms with van der Waals surface area (Å²) in [6.07, 6.45) is 0.389. The molecule has 1 atom stereocenters. The van der Waals surface area contributed by atoms with Crippen LogP contribution in [0.25, 0.3) is 0 Å². The molecule has 0 aliphatic carbocycles. The predicted molar refractivity (Wildman–Crippen MR) is 58.8 cm³/mol. The summed E-state index contributed by atoms with van der Waals surface area (Å²) in [5.41, 5.74) is 6.33. The first kappa shape index (κ1) is 14.2. The molecule has 1 rings (SSSR count). The predicted octanol–water partition coefficient (Wildman–Crippen LogP) is 1.64. The molecule has 86 valence electrons. The summed E-state index contributed by atoms with van der Waals surface area (Å²) in [7, 11) is 1.40. The number of para-hydroxylation sites is 1. The van der Waals surface area contributed by atoms with Crippen LogP contribution in [-0.4, -0.2) is 18.8 Å². The number of hydrogen-bond donors (Lipinski definition) is 2. The van der Waals surface area contributed by atoms with E-state index in [2.05, 4.69) is 0 Å². The van der Waals surface area contributed by atoms with Gasteiger partial charge in [0.15, 0.2) is 11.6 Å². The van der Waals surface area contributed by atoms with Crippen LogP contribution in [0.5, 0.6) is 5.75 Å². The van der Waals surface area contributed by atoms with Crippen LogP contribution < -0.4 is 10.5 Å². The summed E-state index contributed by atoms with van der Waals surface area (Å²) < 4.78 is 18.1. The molecular formula is C10H15ClFNO2. The fourth-order valence-corrected chi connectivity index (χ4v) is 1.33. The van der Waals surface area contributed by atoms with Gasteiger partial charge in [0.05, 0.1) is 7.11 Å². The van der Waals surface area contributed by atoms with Gasteiger partial charge in [-0.25, -0.2) is 4.39 Å². The summed E-state index contributed by atoms with van der Waals surface area (Å²) in [6, 6.07) is 4.19. The Morgan fingerprint density at radius 3 is 2.73 bits per heavy atom. The molecule has 3 nitrogen and oxygen atoms in total. The van der Waals surface area contributed by atoms with E-state index in [9.17, 15) is 4.39 Å². The Morgan fingerprint density at radius 2 is 2.20 bits per heavy atom. The van der Waals surface area contributed by atoms with Crippen LogP contribution in [-0.2, 0) is 0 Å². The van der Waals surface area contributed by atoms with E-state index >= 15 is 0 Å². The van der Waals surface area contributed by atoms with Crippen molar-refractivity contribution in [3.63, 3.8) is 0 Å². The zero-order valence-electron chi connectivity index (χ0n) is 8.44. The summed E-state index contributed by atoms with van der Waals surface area (Å²) in [5.74, 6) is -0.271. The number of aliphatic hydroxyl groups is 1. The second kappa shape index (κ2) is 6.61. The molecule has 0 heterocycles. The topological polar surface area (TPSA) is 55.5 Å². The van der Waals surface area contributed by atoms with Gasteiger partial charge in [0.1, 0.15) is 0 Å². The third-order valence-electron chi connectivity index (χ3n) is 2.04. The molecule has 0 aliphatic heterocycles. The van der Waals surface area contributed by atoms with Crippen LogP contribution in [0.1, 0.15) is 18.0 Å². The van der Waals surface area contributed by atoms with Gasteiger partial charge in [-0.3, -0.25) is 0 Å². The van der Waals surface area contributed by atoms with Crippen molar-refractivity contribution in [2.45, 2.75) is 12.5 Å².